The van der Waals surface area contributed by atoms with Gasteiger partial charge in [-0.2, -0.15) is 0 Å². The average Bonchev–Trinajstić information content (AvgIpc) is 3.01. The Morgan fingerprint density at radius 3 is 2.50 bits per heavy atom. The van der Waals surface area contributed by atoms with Gasteiger partial charge in [-0.3, -0.25) is 0 Å². The van der Waals surface area contributed by atoms with Gasteiger partial charge >= 0.3 is 0 Å². The van der Waals surface area contributed by atoms with Crippen LogP contribution in [0.15, 0.2) is 48.1 Å². The fraction of sp³-hybridized carbons (Fsp3) is 0.105. The Morgan fingerprint density at radius 2 is 1.79 bits per heavy atom. The van der Waals surface area contributed by atoms with E-state index in [0.29, 0.717) is 11.5 Å². The van der Waals surface area contributed by atoms with Gasteiger partial charge in [0.25, 0.3) is 0 Å². The molecule has 0 unspecified atom stereocenters. The van der Waals surface area contributed by atoms with Crippen molar-refractivity contribution >= 4 is 28.2 Å². The molecule has 0 saturated heterocycles. The lowest BCUT2D eigenvalue weighted by atomic mass is 9.99. The van der Waals surface area contributed by atoms with Crippen LogP contribution < -0.4 is 5.73 Å². The van der Waals surface area contributed by atoms with E-state index in [1.165, 1.54) is 17.5 Å². The molecule has 4 nitrogen and oxygen atoms in total. The van der Waals surface area contributed by atoms with Crippen LogP contribution in [0.1, 0.15) is 11.1 Å². The van der Waals surface area contributed by atoms with Crippen LogP contribution in [0.5, 0.6) is 0 Å². The van der Waals surface area contributed by atoms with E-state index in [4.69, 9.17) is 10.7 Å². The predicted octanol–water partition coefficient (Wildman–Crippen LogP) is 4.62. The number of benzene rings is 1. The number of aryl methyl sites for hydroxylation is 2. The summed E-state index contributed by atoms with van der Waals surface area (Å²) in [6.07, 6.45) is 1.46. The maximum Gasteiger partial charge on any atom is 0.165 e. The number of thiophene rings is 1. The van der Waals surface area contributed by atoms with E-state index in [1.807, 2.05) is 0 Å². The van der Waals surface area contributed by atoms with Crippen molar-refractivity contribution in [1.82, 2.24) is 15.0 Å². The van der Waals surface area contributed by atoms with Crippen molar-refractivity contribution in [3.05, 3.63) is 59.2 Å². The molecular formula is C19H16N4S. The molecule has 0 bridgehead atoms. The van der Waals surface area contributed by atoms with E-state index < -0.39 is 0 Å². The molecule has 3 aromatic heterocycles. The molecule has 0 radical (unpaired) electrons. The summed E-state index contributed by atoms with van der Waals surface area (Å²) < 4.78 is 0. The molecule has 118 valence electrons. The van der Waals surface area contributed by atoms with Gasteiger partial charge in [-0.25, -0.2) is 15.0 Å². The number of hydrogen-bond donors (Lipinski definition) is 1. The lowest BCUT2D eigenvalue weighted by Gasteiger charge is -2.11. The molecule has 0 atom stereocenters. The zero-order valence-electron chi connectivity index (χ0n) is 13.4. The molecule has 2 N–H and O–H groups in total. The van der Waals surface area contributed by atoms with Crippen LogP contribution in [-0.4, -0.2) is 15.0 Å². The van der Waals surface area contributed by atoms with Crippen LogP contribution in [0.4, 0.5) is 5.82 Å². The van der Waals surface area contributed by atoms with Crippen LogP contribution >= 0.6 is 11.3 Å². The highest BCUT2D eigenvalue weighted by Crippen LogP contribution is 2.37. The van der Waals surface area contributed by atoms with Gasteiger partial charge in [0.15, 0.2) is 5.65 Å². The third-order valence-electron chi connectivity index (χ3n) is 4.09. The Hall–Kier alpha value is -2.79. The van der Waals surface area contributed by atoms with Gasteiger partial charge in [-0.15, -0.1) is 11.3 Å². The van der Waals surface area contributed by atoms with E-state index >= 15 is 0 Å². The summed E-state index contributed by atoms with van der Waals surface area (Å²) in [5.74, 6) is 0.454. The summed E-state index contributed by atoms with van der Waals surface area (Å²) in [5.41, 5.74) is 12.2. The van der Waals surface area contributed by atoms with Crippen molar-refractivity contribution in [1.29, 1.82) is 0 Å². The SMILES string of the molecule is Cc1ccc(-c2cc3c(N)ncnc3nc2-c2sccc2C)cc1. The lowest BCUT2D eigenvalue weighted by Crippen LogP contribution is -1.98. The summed E-state index contributed by atoms with van der Waals surface area (Å²) in [5, 5.41) is 2.87. The van der Waals surface area contributed by atoms with Crippen molar-refractivity contribution in [3.8, 4) is 21.7 Å². The third-order valence-corrected chi connectivity index (χ3v) is 5.12. The lowest BCUT2D eigenvalue weighted by molar-refractivity contribution is 1.19. The third kappa shape index (κ3) is 2.43. The minimum atomic E-state index is 0.454. The summed E-state index contributed by atoms with van der Waals surface area (Å²) >= 11 is 1.69. The number of aromatic nitrogens is 3. The smallest absolute Gasteiger partial charge is 0.165 e. The van der Waals surface area contributed by atoms with E-state index in [1.54, 1.807) is 11.3 Å². The molecule has 0 aliphatic rings. The summed E-state index contributed by atoms with van der Waals surface area (Å²) in [7, 11) is 0. The number of nitrogen functional groups attached to an aromatic ring is 1. The van der Waals surface area contributed by atoms with Crippen molar-refractivity contribution < 1.29 is 0 Å². The zero-order chi connectivity index (χ0) is 16.7. The number of fused-ring (bicyclic) bond motifs is 1. The molecule has 0 saturated carbocycles. The molecule has 1 aromatic carbocycles. The second-order valence-electron chi connectivity index (χ2n) is 5.81. The van der Waals surface area contributed by atoms with E-state index in [2.05, 4.69) is 65.6 Å². The second kappa shape index (κ2) is 5.69. The van der Waals surface area contributed by atoms with Gasteiger partial charge < -0.3 is 5.73 Å². The molecular weight excluding hydrogens is 316 g/mol. The average molecular weight is 332 g/mol. The minimum absolute atomic E-state index is 0.454. The van der Waals surface area contributed by atoms with E-state index in [0.717, 1.165) is 27.1 Å². The number of rotatable bonds is 2. The van der Waals surface area contributed by atoms with Gasteiger partial charge in [0, 0.05) is 5.56 Å². The van der Waals surface area contributed by atoms with Crippen molar-refractivity contribution in [2.24, 2.45) is 0 Å². The molecule has 0 fully saturated rings. The summed E-state index contributed by atoms with van der Waals surface area (Å²) in [6.45, 7) is 4.18. The van der Waals surface area contributed by atoms with Gasteiger partial charge in [0.05, 0.1) is 16.0 Å². The largest absolute Gasteiger partial charge is 0.383 e. The Morgan fingerprint density at radius 1 is 1.00 bits per heavy atom. The van der Waals surface area contributed by atoms with Gasteiger partial charge in [-0.05, 0) is 42.5 Å². The molecule has 4 aromatic rings. The summed E-state index contributed by atoms with van der Waals surface area (Å²) in [4.78, 5) is 14.4. The quantitative estimate of drug-likeness (QED) is 0.582. The monoisotopic (exact) mass is 332 g/mol. The predicted molar refractivity (Wildman–Crippen MR) is 100.0 cm³/mol. The van der Waals surface area contributed by atoms with E-state index in [9.17, 15) is 0 Å². The fourth-order valence-electron chi connectivity index (χ4n) is 2.75. The highest BCUT2D eigenvalue weighted by atomic mass is 32.1. The Kier molecular flexibility index (Phi) is 3.50. The van der Waals surface area contributed by atoms with E-state index in [-0.39, 0.29) is 0 Å². The van der Waals surface area contributed by atoms with Gasteiger partial charge in [0.1, 0.15) is 12.1 Å². The Labute approximate surface area is 144 Å². The number of pyridine rings is 1. The van der Waals surface area contributed by atoms with Crippen LogP contribution in [0.25, 0.3) is 32.7 Å². The molecule has 0 spiro atoms. The maximum atomic E-state index is 6.04. The zero-order valence-corrected chi connectivity index (χ0v) is 14.3. The standard InChI is InChI=1S/C19H16N4S/c1-11-3-5-13(6-4-11)14-9-15-18(20)21-10-22-19(15)23-16(14)17-12(2)7-8-24-17/h3-10H,1-2H3,(H2,20,21,22,23). The Bertz CT molecular complexity index is 1040. The van der Waals surface area contributed by atoms with Gasteiger partial charge in [-0.1, -0.05) is 29.8 Å². The fourth-order valence-corrected chi connectivity index (χ4v) is 3.68. The van der Waals surface area contributed by atoms with Gasteiger partial charge in [0.2, 0.25) is 0 Å². The first-order chi connectivity index (χ1) is 11.6. The maximum absolute atomic E-state index is 6.04. The van der Waals surface area contributed by atoms with Crippen molar-refractivity contribution in [2.45, 2.75) is 13.8 Å². The van der Waals surface area contributed by atoms with Crippen LogP contribution in [-0.2, 0) is 0 Å². The molecule has 0 aliphatic heterocycles. The second-order valence-corrected chi connectivity index (χ2v) is 6.73. The first kappa shape index (κ1) is 14.8. The first-order valence-electron chi connectivity index (χ1n) is 7.66. The summed E-state index contributed by atoms with van der Waals surface area (Å²) in [6, 6.07) is 12.6. The highest BCUT2D eigenvalue weighted by Gasteiger charge is 2.16. The highest BCUT2D eigenvalue weighted by molar-refractivity contribution is 7.13. The number of nitrogens with two attached hydrogens (primary N) is 1. The molecule has 0 aliphatic carbocycles. The molecule has 3 heterocycles. The van der Waals surface area contributed by atoms with Crippen molar-refractivity contribution in [3.63, 3.8) is 0 Å². The molecule has 4 rings (SSSR count). The number of anilines is 1. The first-order valence-corrected chi connectivity index (χ1v) is 8.54. The van der Waals surface area contributed by atoms with Crippen LogP contribution in [0.3, 0.4) is 0 Å². The normalized spacial score (nSPS) is 11.1. The molecule has 0 amide bonds. The van der Waals surface area contributed by atoms with Crippen LogP contribution in [0.2, 0.25) is 0 Å². The van der Waals surface area contributed by atoms with Crippen LogP contribution in [0, 0.1) is 13.8 Å². The minimum Gasteiger partial charge on any atom is -0.383 e. The number of hydrogen-bond acceptors (Lipinski definition) is 5. The molecule has 5 heteroatoms. The Balaban J connectivity index is 2.06. The number of nitrogens with zero attached hydrogens (tertiary/aromatic N) is 3. The molecule has 24 heavy (non-hydrogen) atoms. The van der Waals surface area contributed by atoms with Crippen molar-refractivity contribution in [2.75, 3.05) is 5.73 Å². The topological polar surface area (TPSA) is 64.7 Å².